The van der Waals surface area contributed by atoms with Gasteiger partial charge in [-0.05, 0) is 57.1 Å². The zero-order valence-corrected chi connectivity index (χ0v) is 18.3. The number of aromatic nitrogens is 2. The summed E-state index contributed by atoms with van der Waals surface area (Å²) in [6.07, 6.45) is 8.47. The molecule has 2 aliphatic rings. The number of imidazole rings is 1. The number of hydrogen-bond acceptors (Lipinski definition) is 4. The summed E-state index contributed by atoms with van der Waals surface area (Å²) in [5.74, 6) is 1.29. The highest BCUT2D eigenvalue weighted by Gasteiger charge is 2.36. The van der Waals surface area contributed by atoms with Crippen molar-refractivity contribution in [2.75, 3.05) is 26.2 Å². The first-order valence-corrected chi connectivity index (χ1v) is 11.4. The van der Waals surface area contributed by atoms with E-state index < -0.39 is 0 Å². The van der Waals surface area contributed by atoms with Crippen molar-refractivity contribution >= 4 is 11.8 Å². The quantitative estimate of drug-likeness (QED) is 0.714. The minimum atomic E-state index is 0.0608. The van der Waals surface area contributed by atoms with Gasteiger partial charge in [0.15, 0.2) is 6.61 Å². The highest BCUT2D eigenvalue weighted by molar-refractivity contribution is 5.92. The van der Waals surface area contributed by atoms with Crippen molar-refractivity contribution in [2.24, 2.45) is 5.92 Å². The number of likely N-dealkylation sites (tertiary alicyclic amines) is 2. The third kappa shape index (κ3) is 4.92. The molecule has 0 bridgehead atoms. The van der Waals surface area contributed by atoms with Gasteiger partial charge in [0.2, 0.25) is 0 Å². The smallest absolute Gasteiger partial charge is 0.272 e. The van der Waals surface area contributed by atoms with Crippen LogP contribution in [0.15, 0.2) is 42.9 Å². The molecule has 0 saturated carbocycles. The van der Waals surface area contributed by atoms with E-state index in [2.05, 4.69) is 4.98 Å². The summed E-state index contributed by atoms with van der Waals surface area (Å²) in [5.41, 5.74) is 0.661. The van der Waals surface area contributed by atoms with Gasteiger partial charge in [0, 0.05) is 32.2 Å². The van der Waals surface area contributed by atoms with Crippen molar-refractivity contribution < 1.29 is 14.3 Å². The van der Waals surface area contributed by atoms with Crippen molar-refractivity contribution in [1.82, 2.24) is 19.4 Å². The molecule has 2 aliphatic heterocycles. The molecule has 1 unspecified atom stereocenters. The first-order chi connectivity index (χ1) is 15.2. The summed E-state index contributed by atoms with van der Waals surface area (Å²) in [5, 5.41) is 0. The number of aryl methyl sites for hydroxylation is 1. The van der Waals surface area contributed by atoms with Crippen LogP contribution in [0.3, 0.4) is 0 Å². The second-order valence-electron chi connectivity index (χ2n) is 8.45. The van der Waals surface area contributed by atoms with E-state index in [0.717, 1.165) is 64.0 Å². The lowest BCUT2D eigenvalue weighted by Gasteiger charge is -2.43. The van der Waals surface area contributed by atoms with Crippen LogP contribution < -0.4 is 4.74 Å². The number of piperidine rings is 2. The molecule has 0 aliphatic carbocycles. The number of nitrogens with zero attached hydrogens (tertiary/aromatic N) is 4. The van der Waals surface area contributed by atoms with E-state index in [4.69, 9.17) is 4.74 Å². The fourth-order valence-electron chi connectivity index (χ4n) is 4.90. The van der Waals surface area contributed by atoms with Gasteiger partial charge in [-0.25, -0.2) is 4.98 Å². The van der Waals surface area contributed by atoms with E-state index in [1.165, 1.54) is 0 Å². The average Bonchev–Trinajstić information content (AvgIpc) is 3.32. The van der Waals surface area contributed by atoms with E-state index in [9.17, 15) is 9.59 Å². The van der Waals surface area contributed by atoms with Gasteiger partial charge in [-0.1, -0.05) is 18.2 Å². The Kier molecular flexibility index (Phi) is 6.89. The highest BCUT2D eigenvalue weighted by atomic mass is 16.5. The predicted octanol–water partition coefficient (Wildman–Crippen LogP) is 3.22. The summed E-state index contributed by atoms with van der Waals surface area (Å²) >= 11 is 0. The van der Waals surface area contributed by atoms with Crippen molar-refractivity contribution in [2.45, 2.75) is 51.6 Å². The maximum atomic E-state index is 12.9. The van der Waals surface area contributed by atoms with Crippen LogP contribution in [0.5, 0.6) is 5.75 Å². The SMILES string of the molecule is CCn1cncc1C(=O)N1CCC(C2CCCCN2C(=O)COc2ccccc2)CC1. The number of carbonyl (C=O) groups excluding carboxylic acids is 2. The van der Waals surface area contributed by atoms with Gasteiger partial charge >= 0.3 is 0 Å². The summed E-state index contributed by atoms with van der Waals surface area (Å²) in [6, 6.07) is 9.75. The molecule has 2 aromatic rings. The normalized spacial score (nSPS) is 20.0. The molecule has 166 valence electrons. The Morgan fingerprint density at radius 1 is 1.06 bits per heavy atom. The van der Waals surface area contributed by atoms with Crippen molar-refractivity contribution in [3.8, 4) is 5.75 Å². The first kappa shape index (κ1) is 21.4. The van der Waals surface area contributed by atoms with Gasteiger partial charge in [0.25, 0.3) is 11.8 Å². The van der Waals surface area contributed by atoms with Crippen LogP contribution in [-0.4, -0.2) is 63.4 Å². The lowest BCUT2D eigenvalue weighted by Crippen LogP contribution is -2.52. The summed E-state index contributed by atoms with van der Waals surface area (Å²) in [4.78, 5) is 34.0. The van der Waals surface area contributed by atoms with E-state index in [1.54, 1.807) is 12.5 Å². The van der Waals surface area contributed by atoms with Crippen molar-refractivity contribution in [3.05, 3.63) is 48.5 Å². The average molecular weight is 425 g/mol. The summed E-state index contributed by atoms with van der Waals surface area (Å²) in [7, 11) is 0. The minimum absolute atomic E-state index is 0.0608. The fraction of sp³-hybridized carbons (Fsp3) is 0.542. The summed E-state index contributed by atoms with van der Waals surface area (Å²) in [6.45, 7) is 5.10. The zero-order valence-electron chi connectivity index (χ0n) is 18.3. The number of ether oxygens (including phenoxy) is 1. The van der Waals surface area contributed by atoms with Crippen molar-refractivity contribution in [3.63, 3.8) is 0 Å². The second kappa shape index (κ2) is 9.98. The number of rotatable bonds is 6. The van der Waals surface area contributed by atoms with E-state index in [0.29, 0.717) is 11.6 Å². The molecule has 2 amide bonds. The van der Waals surface area contributed by atoms with Crippen LogP contribution in [0.2, 0.25) is 0 Å². The third-order valence-electron chi connectivity index (χ3n) is 6.62. The van der Waals surface area contributed by atoms with E-state index >= 15 is 0 Å². The Bertz CT molecular complexity index is 874. The van der Waals surface area contributed by atoms with E-state index in [-0.39, 0.29) is 24.5 Å². The standard InChI is InChI=1S/C24H32N4O3/c1-2-26-18-25-16-22(26)24(30)27-14-11-19(12-15-27)21-10-6-7-13-28(21)23(29)17-31-20-8-4-3-5-9-20/h3-5,8-9,16,18-19,21H,2,6-7,10-15,17H2,1H3. The maximum Gasteiger partial charge on any atom is 0.272 e. The van der Waals surface area contributed by atoms with Gasteiger partial charge in [-0.2, -0.15) is 0 Å². The van der Waals surface area contributed by atoms with Crippen LogP contribution >= 0.6 is 0 Å². The molecule has 4 rings (SSSR count). The molecule has 1 atom stereocenters. The minimum Gasteiger partial charge on any atom is -0.484 e. The van der Waals surface area contributed by atoms with Gasteiger partial charge in [-0.3, -0.25) is 9.59 Å². The van der Waals surface area contributed by atoms with Crippen molar-refractivity contribution in [1.29, 1.82) is 0 Å². The monoisotopic (exact) mass is 424 g/mol. The largest absolute Gasteiger partial charge is 0.484 e. The van der Waals surface area contributed by atoms with Gasteiger partial charge in [0.1, 0.15) is 11.4 Å². The number of hydrogen-bond donors (Lipinski definition) is 0. The zero-order chi connectivity index (χ0) is 21.6. The molecule has 2 saturated heterocycles. The Hall–Kier alpha value is -2.83. The van der Waals surface area contributed by atoms with E-state index in [1.807, 2.05) is 51.6 Å². The Balaban J connectivity index is 1.34. The summed E-state index contributed by atoms with van der Waals surface area (Å²) < 4.78 is 7.61. The maximum absolute atomic E-state index is 12.9. The molecule has 7 heteroatoms. The molecule has 1 aromatic heterocycles. The van der Waals surface area contributed by atoms with Crippen LogP contribution in [0.1, 0.15) is 49.5 Å². The van der Waals surface area contributed by atoms with Crippen LogP contribution in [0.4, 0.5) is 0 Å². The van der Waals surface area contributed by atoms with Crippen LogP contribution in [0, 0.1) is 5.92 Å². The topological polar surface area (TPSA) is 67.7 Å². The molecule has 2 fully saturated rings. The predicted molar refractivity (Wildman–Crippen MR) is 118 cm³/mol. The highest BCUT2D eigenvalue weighted by Crippen LogP contribution is 2.31. The molecular formula is C24H32N4O3. The molecule has 0 N–H and O–H groups in total. The molecule has 0 spiro atoms. The fourth-order valence-corrected chi connectivity index (χ4v) is 4.90. The van der Waals surface area contributed by atoms with Gasteiger partial charge < -0.3 is 19.1 Å². The number of amides is 2. The molecule has 31 heavy (non-hydrogen) atoms. The molecule has 3 heterocycles. The molecule has 0 radical (unpaired) electrons. The van der Waals surface area contributed by atoms with Crippen LogP contribution in [0.25, 0.3) is 0 Å². The lowest BCUT2D eigenvalue weighted by molar-refractivity contribution is -0.139. The number of benzene rings is 1. The number of para-hydroxylation sites is 1. The third-order valence-corrected chi connectivity index (χ3v) is 6.62. The molecule has 1 aromatic carbocycles. The molecular weight excluding hydrogens is 392 g/mol. The Morgan fingerprint density at radius 3 is 2.58 bits per heavy atom. The molecule has 7 nitrogen and oxygen atoms in total. The first-order valence-electron chi connectivity index (χ1n) is 11.4. The van der Waals surface area contributed by atoms with Gasteiger partial charge in [0.05, 0.1) is 12.5 Å². The second-order valence-corrected chi connectivity index (χ2v) is 8.45. The number of carbonyl (C=O) groups is 2. The Morgan fingerprint density at radius 2 is 1.84 bits per heavy atom. The van der Waals surface area contributed by atoms with Gasteiger partial charge in [-0.15, -0.1) is 0 Å². The lowest BCUT2D eigenvalue weighted by atomic mass is 9.83. The van der Waals surface area contributed by atoms with Crippen LogP contribution in [-0.2, 0) is 11.3 Å². The Labute approximate surface area is 184 Å².